The van der Waals surface area contributed by atoms with Gasteiger partial charge in [0.1, 0.15) is 11.4 Å². The van der Waals surface area contributed by atoms with Crippen molar-refractivity contribution in [3.8, 4) is 17.3 Å². The van der Waals surface area contributed by atoms with Gasteiger partial charge >= 0.3 is 0 Å². The average Bonchev–Trinajstić information content (AvgIpc) is 2.86. The zero-order valence-electron chi connectivity index (χ0n) is 12.1. The Balaban J connectivity index is 2.26. The number of hydrogen-bond donors (Lipinski definition) is 1. The van der Waals surface area contributed by atoms with Crippen molar-refractivity contribution in [3.05, 3.63) is 30.6 Å². The maximum Gasteiger partial charge on any atom is 0.163 e. The number of rotatable bonds is 4. The summed E-state index contributed by atoms with van der Waals surface area (Å²) in [5.74, 6) is 1.91. The third kappa shape index (κ3) is 2.29. The van der Waals surface area contributed by atoms with E-state index in [9.17, 15) is 0 Å². The fourth-order valence-electron chi connectivity index (χ4n) is 2.39. The summed E-state index contributed by atoms with van der Waals surface area (Å²) < 4.78 is 7.38. The van der Waals surface area contributed by atoms with Gasteiger partial charge in [-0.15, -0.1) is 0 Å². The van der Waals surface area contributed by atoms with Crippen molar-refractivity contribution in [1.82, 2.24) is 19.5 Å². The van der Waals surface area contributed by atoms with Gasteiger partial charge in [-0.25, -0.2) is 15.0 Å². The van der Waals surface area contributed by atoms with E-state index in [2.05, 4.69) is 26.4 Å². The lowest BCUT2D eigenvalue weighted by molar-refractivity contribution is 0.415. The predicted molar refractivity (Wildman–Crippen MR) is 82.0 cm³/mol. The summed E-state index contributed by atoms with van der Waals surface area (Å²) in [5, 5.41) is 0. The number of nitrogen functional groups attached to an aromatic ring is 1. The summed E-state index contributed by atoms with van der Waals surface area (Å²) in [5.41, 5.74) is 8.46. The van der Waals surface area contributed by atoms with Gasteiger partial charge in [0, 0.05) is 25.0 Å². The van der Waals surface area contributed by atoms with Crippen molar-refractivity contribution in [2.75, 3.05) is 12.8 Å². The highest BCUT2D eigenvalue weighted by molar-refractivity contribution is 5.82. The minimum atomic E-state index is 0.386. The molecule has 0 radical (unpaired) electrons. The highest BCUT2D eigenvalue weighted by Gasteiger charge is 2.16. The molecule has 6 heteroatoms. The summed E-state index contributed by atoms with van der Waals surface area (Å²) in [6.07, 6.45) is 4.20. The molecule has 0 unspecified atom stereocenters. The Morgan fingerprint density at radius 2 is 2.05 bits per heavy atom. The molecule has 0 aliphatic carbocycles. The third-order valence-corrected chi connectivity index (χ3v) is 3.34. The van der Waals surface area contributed by atoms with Crippen LogP contribution in [0.4, 0.5) is 5.82 Å². The maximum atomic E-state index is 5.94. The normalized spacial score (nSPS) is 11.0. The lowest BCUT2D eigenvalue weighted by Gasteiger charge is -2.08. The van der Waals surface area contributed by atoms with Crippen LogP contribution in [0.3, 0.4) is 0 Å². The van der Waals surface area contributed by atoms with Crippen LogP contribution in [0.5, 0.6) is 5.75 Å². The maximum absolute atomic E-state index is 5.94. The van der Waals surface area contributed by atoms with Crippen LogP contribution >= 0.6 is 0 Å². The van der Waals surface area contributed by atoms with Crippen LogP contribution in [0.15, 0.2) is 30.6 Å². The summed E-state index contributed by atoms with van der Waals surface area (Å²) in [6.45, 7) is 2.97. The van der Waals surface area contributed by atoms with Gasteiger partial charge in [0.25, 0.3) is 0 Å². The molecule has 21 heavy (non-hydrogen) atoms. The zero-order chi connectivity index (χ0) is 14.8. The molecule has 6 nitrogen and oxygen atoms in total. The molecular formula is C15H17N5O. The summed E-state index contributed by atoms with van der Waals surface area (Å²) in [6, 6.07) is 5.85. The van der Waals surface area contributed by atoms with Crippen LogP contribution in [0.25, 0.3) is 22.6 Å². The summed E-state index contributed by atoms with van der Waals surface area (Å²) in [7, 11) is 1.64. The topological polar surface area (TPSA) is 78.9 Å². The van der Waals surface area contributed by atoms with Gasteiger partial charge in [-0.05, 0) is 18.6 Å². The van der Waals surface area contributed by atoms with Crippen molar-refractivity contribution in [2.45, 2.75) is 19.9 Å². The Bertz CT molecular complexity index is 781. The molecule has 108 valence electrons. The number of benzene rings is 1. The van der Waals surface area contributed by atoms with E-state index in [1.165, 1.54) is 0 Å². The lowest BCUT2D eigenvalue weighted by Crippen LogP contribution is -2.04. The van der Waals surface area contributed by atoms with Gasteiger partial charge < -0.3 is 15.0 Å². The van der Waals surface area contributed by atoms with Crippen molar-refractivity contribution in [1.29, 1.82) is 0 Å². The van der Waals surface area contributed by atoms with E-state index in [-0.39, 0.29) is 0 Å². The van der Waals surface area contributed by atoms with Gasteiger partial charge in [0.15, 0.2) is 11.6 Å². The second-order valence-electron chi connectivity index (χ2n) is 4.73. The molecule has 0 spiro atoms. The fourth-order valence-corrected chi connectivity index (χ4v) is 2.39. The number of nitrogens with two attached hydrogens (primary N) is 1. The minimum absolute atomic E-state index is 0.386. The molecule has 0 saturated carbocycles. The Labute approximate surface area is 122 Å². The number of fused-ring (bicyclic) bond motifs is 1. The molecule has 3 rings (SSSR count). The summed E-state index contributed by atoms with van der Waals surface area (Å²) in [4.78, 5) is 13.1. The van der Waals surface area contributed by atoms with Crippen LogP contribution in [0, 0.1) is 0 Å². The van der Waals surface area contributed by atoms with Crippen LogP contribution in [0.1, 0.15) is 13.3 Å². The highest BCUT2D eigenvalue weighted by atomic mass is 16.5. The van der Waals surface area contributed by atoms with Crippen LogP contribution in [0.2, 0.25) is 0 Å². The molecule has 0 atom stereocenters. The van der Waals surface area contributed by atoms with E-state index in [4.69, 9.17) is 10.5 Å². The number of ether oxygens (including phenoxy) is 1. The number of methoxy groups -OCH3 is 1. The standard InChI is InChI=1S/C15H17N5O/c1-3-8-20-12-5-4-10(21-2)9-11(12)19-15(20)13-14(16)18-7-6-17-13/h4-7,9H,3,8H2,1-2H3,(H2,16,18). The largest absolute Gasteiger partial charge is 0.497 e. The van der Waals surface area contributed by atoms with Crippen molar-refractivity contribution in [2.24, 2.45) is 0 Å². The third-order valence-electron chi connectivity index (χ3n) is 3.34. The van der Waals surface area contributed by atoms with Gasteiger partial charge in [-0.1, -0.05) is 6.92 Å². The Hall–Kier alpha value is -2.63. The number of aryl methyl sites for hydroxylation is 1. The quantitative estimate of drug-likeness (QED) is 0.795. The van der Waals surface area contributed by atoms with Crippen molar-refractivity contribution >= 4 is 16.9 Å². The second-order valence-corrected chi connectivity index (χ2v) is 4.73. The SMILES string of the molecule is CCCn1c(-c2nccnc2N)nc2cc(OC)ccc21. The molecule has 2 aromatic heterocycles. The molecule has 0 aliphatic rings. The van der Waals surface area contributed by atoms with Crippen molar-refractivity contribution in [3.63, 3.8) is 0 Å². The highest BCUT2D eigenvalue weighted by Crippen LogP contribution is 2.28. The first-order valence-corrected chi connectivity index (χ1v) is 6.85. The number of nitrogens with zero attached hydrogens (tertiary/aromatic N) is 4. The molecule has 0 amide bonds. The molecule has 2 N–H and O–H groups in total. The lowest BCUT2D eigenvalue weighted by atomic mass is 10.3. The molecule has 1 aromatic carbocycles. The number of anilines is 1. The number of imidazole rings is 1. The molecular weight excluding hydrogens is 266 g/mol. The molecule has 3 aromatic rings. The summed E-state index contributed by atoms with van der Waals surface area (Å²) >= 11 is 0. The first kappa shape index (κ1) is 13.4. The van der Waals surface area contributed by atoms with Crippen LogP contribution < -0.4 is 10.5 Å². The number of hydrogen-bond acceptors (Lipinski definition) is 5. The zero-order valence-corrected chi connectivity index (χ0v) is 12.1. The van der Waals surface area contributed by atoms with Gasteiger partial charge in [0.2, 0.25) is 0 Å². The van der Waals surface area contributed by atoms with Gasteiger partial charge in [-0.2, -0.15) is 0 Å². The first-order valence-electron chi connectivity index (χ1n) is 6.85. The van der Waals surface area contributed by atoms with E-state index >= 15 is 0 Å². The van der Waals surface area contributed by atoms with E-state index in [1.807, 2.05) is 18.2 Å². The van der Waals surface area contributed by atoms with E-state index in [0.717, 1.165) is 35.6 Å². The first-order chi connectivity index (χ1) is 10.2. The fraction of sp³-hybridized carbons (Fsp3) is 0.267. The van der Waals surface area contributed by atoms with Gasteiger partial charge in [0.05, 0.1) is 18.1 Å². The number of aromatic nitrogens is 4. The Morgan fingerprint density at radius 3 is 2.76 bits per heavy atom. The van der Waals surface area contributed by atoms with E-state index in [0.29, 0.717) is 11.5 Å². The van der Waals surface area contributed by atoms with Crippen LogP contribution in [-0.4, -0.2) is 26.6 Å². The Kier molecular flexibility index (Phi) is 3.43. The van der Waals surface area contributed by atoms with Crippen LogP contribution in [-0.2, 0) is 6.54 Å². The van der Waals surface area contributed by atoms with E-state index in [1.54, 1.807) is 19.5 Å². The van der Waals surface area contributed by atoms with Gasteiger partial charge in [-0.3, -0.25) is 0 Å². The molecule has 0 saturated heterocycles. The molecule has 0 bridgehead atoms. The monoisotopic (exact) mass is 283 g/mol. The molecule has 0 aliphatic heterocycles. The Morgan fingerprint density at radius 1 is 1.24 bits per heavy atom. The van der Waals surface area contributed by atoms with Crippen molar-refractivity contribution < 1.29 is 4.74 Å². The smallest absolute Gasteiger partial charge is 0.163 e. The second kappa shape index (κ2) is 5.40. The average molecular weight is 283 g/mol. The minimum Gasteiger partial charge on any atom is -0.497 e. The molecule has 0 fully saturated rings. The van der Waals surface area contributed by atoms with E-state index < -0.39 is 0 Å². The predicted octanol–water partition coefficient (Wildman–Crippen LogP) is 2.49. The molecule has 2 heterocycles.